The second-order valence-electron chi connectivity index (χ2n) is 13.8. The fraction of sp³-hybridized carbons (Fsp3) is 0.395. The van der Waals surface area contributed by atoms with Crippen molar-refractivity contribution < 1.29 is 9.59 Å². The normalized spacial score (nSPS) is 18.8. The second-order valence-corrected chi connectivity index (χ2v) is 14.7. The van der Waals surface area contributed by atoms with E-state index in [0.717, 1.165) is 109 Å². The van der Waals surface area contributed by atoms with E-state index in [2.05, 4.69) is 65.8 Å². The molecule has 0 unspecified atom stereocenters. The van der Waals surface area contributed by atoms with Gasteiger partial charge in [0.05, 0.1) is 40.1 Å². The van der Waals surface area contributed by atoms with Gasteiger partial charge in [0.2, 0.25) is 16.9 Å². The number of nitrogens with one attached hydrogen (secondary N) is 2. The van der Waals surface area contributed by atoms with Gasteiger partial charge >= 0.3 is 0 Å². The summed E-state index contributed by atoms with van der Waals surface area (Å²) in [6.45, 7) is 9.86. The highest BCUT2D eigenvalue weighted by Gasteiger charge is 2.29. The van der Waals surface area contributed by atoms with Crippen LogP contribution in [0.4, 0.5) is 16.5 Å². The number of nitriles is 1. The second kappa shape index (κ2) is 14.7. The Morgan fingerprint density at radius 1 is 0.942 bits per heavy atom. The number of anilines is 3. The number of aromatic nitrogens is 5. The van der Waals surface area contributed by atoms with Crippen LogP contribution < -0.4 is 20.4 Å². The fourth-order valence-corrected chi connectivity index (χ4v) is 8.52. The molecule has 3 saturated heterocycles. The van der Waals surface area contributed by atoms with Crippen molar-refractivity contribution in [3.8, 4) is 28.0 Å². The molecule has 7 heterocycles. The number of hydrogen-bond donors (Lipinski definition) is 2. The quantitative estimate of drug-likeness (QED) is 0.203. The van der Waals surface area contributed by atoms with E-state index in [1.807, 2.05) is 42.6 Å². The van der Waals surface area contributed by atoms with Crippen molar-refractivity contribution in [2.24, 2.45) is 5.92 Å². The van der Waals surface area contributed by atoms with Gasteiger partial charge in [-0.15, -0.1) is 10.2 Å². The molecule has 52 heavy (non-hydrogen) atoms. The molecule has 3 aliphatic heterocycles. The van der Waals surface area contributed by atoms with E-state index in [9.17, 15) is 14.9 Å². The minimum Gasteiger partial charge on any atom is -0.385 e. The predicted molar refractivity (Wildman–Crippen MR) is 201 cm³/mol. The molecule has 0 aliphatic carbocycles. The van der Waals surface area contributed by atoms with Crippen LogP contribution in [0, 0.1) is 17.2 Å². The minimum absolute atomic E-state index is 0.177. The summed E-state index contributed by atoms with van der Waals surface area (Å²) >= 11 is 1.60. The van der Waals surface area contributed by atoms with E-state index in [4.69, 9.17) is 4.98 Å². The average molecular weight is 716 g/mol. The molecule has 1 atom stereocenters. The summed E-state index contributed by atoms with van der Waals surface area (Å²) in [6, 6.07) is 18.3. The molecule has 266 valence electrons. The van der Waals surface area contributed by atoms with Crippen LogP contribution in [0.1, 0.15) is 49.7 Å². The summed E-state index contributed by atoms with van der Waals surface area (Å²) in [4.78, 5) is 36.0. The summed E-state index contributed by atoms with van der Waals surface area (Å²) in [5.74, 6) is 0.0734. The highest BCUT2D eigenvalue weighted by Crippen LogP contribution is 2.36. The maximum Gasteiger partial charge on any atom is 0.234 e. The molecule has 0 bridgehead atoms. The third-order valence-electron chi connectivity index (χ3n) is 10.5. The minimum atomic E-state index is -0.240. The molecule has 0 saturated carbocycles. The first kappa shape index (κ1) is 33.7. The molecule has 2 amide bonds. The molecule has 2 N–H and O–H groups in total. The van der Waals surface area contributed by atoms with Crippen LogP contribution in [0.15, 0.2) is 60.9 Å². The van der Waals surface area contributed by atoms with Crippen LogP contribution in [-0.4, -0.2) is 93.9 Å². The highest BCUT2D eigenvalue weighted by molar-refractivity contribution is 7.18. The van der Waals surface area contributed by atoms with E-state index in [1.54, 1.807) is 22.0 Å². The first-order valence-corrected chi connectivity index (χ1v) is 18.9. The summed E-state index contributed by atoms with van der Waals surface area (Å²) in [7, 11) is 0. The van der Waals surface area contributed by atoms with Crippen molar-refractivity contribution in [3.05, 3.63) is 72.1 Å². The van der Waals surface area contributed by atoms with Crippen LogP contribution in [0.2, 0.25) is 0 Å². The molecule has 1 aromatic carbocycles. The van der Waals surface area contributed by atoms with Gasteiger partial charge in [0.25, 0.3) is 0 Å². The van der Waals surface area contributed by atoms with Gasteiger partial charge in [-0.25, -0.2) is 4.52 Å². The molecule has 5 aromatic rings. The molecular weight excluding hydrogens is 675 g/mol. The Balaban J connectivity index is 0.843. The molecule has 0 spiro atoms. The Hall–Kier alpha value is -5.39. The SMILES string of the molecule is CCNc1cc(-c2ccc3cc(C#N)cnn23)ncc1-c1nnc(N2CCN(CC3CCN(c4ccc([C@H]5CCC(=O)NC5=O)cc4)CC3)CC2)s1. The van der Waals surface area contributed by atoms with Crippen LogP contribution >= 0.6 is 11.3 Å². The van der Waals surface area contributed by atoms with Gasteiger partial charge in [-0.2, -0.15) is 10.4 Å². The summed E-state index contributed by atoms with van der Waals surface area (Å²) in [5.41, 5.74) is 7.05. The Kier molecular flexibility index (Phi) is 9.53. The first-order valence-electron chi connectivity index (χ1n) is 18.1. The van der Waals surface area contributed by atoms with Gasteiger partial charge in [0.1, 0.15) is 6.07 Å². The first-order chi connectivity index (χ1) is 25.4. The lowest BCUT2D eigenvalue weighted by Gasteiger charge is -2.39. The van der Waals surface area contributed by atoms with Crippen LogP contribution in [-0.2, 0) is 9.59 Å². The summed E-state index contributed by atoms with van der Waals surface area (Å²) < 4.78 is 1.80. The zero-order chi connectivity index (χ0) is 35.6. The van der Waals surface area contributed by atoms with E-state index < -0.39 is 0 Å². The van der Waals surface area contributed by atoms with Crippen molar-refractivity contribution in [2.75, 3.05) is 67.5 Å². The molecule has 3 aliphatic rings. The fourth-order valence-electron chi connectivity index (χ4n) is 7.60. The Labute approximate surface area is 306 Å². The largest absolute Gasteiger partial charge is 0.385 e. The zero-order valence-electron chi connectivity index (χ0n) is 29.2. The van der Waals surface area contributed by atoms with Gasteiger partial charge < -0.3 is 15.1 Å². The number of piperazine rings is 1. The Morgan fingerprint density at radius 2 is 1.75 bits per heavy atom. The van der Waals surface area contributed by atoms with Gasteiger partial charge in [-0.05, 0) is 74.1 Å². The number of hydrogen-bond acceptors (Lipinski definition) is 12. The van der Waals surface area contributed by atoms with Crippen LogP contribution in [0.25, 0.3) is 27.5 Å². The smallest absolute Gasteiger partial charge is 0.234 e. The van der Waals surface area contributed by atoms with Crippen molar-refractivity contribution in [3.63, 3.8) is 0 Å². The van der Waals surface area contributed by atoms with E-state index in [-0.39, 0.29) is 17.7 Å². The number of benzene rings is 1. The monoisotopic (exact) mass is 715 g/mol. The molecule has 14 heteroatoms. The van der Waals surface area contributed by atoms with Gasteiger partial charge in [-0.1, -0.05) is 23.5 Å². The number of carbonyl (C=O) groups is 2. The number of nitrogens with zero attached hydrogens (tertiary/aromatic N) is 9. The maximum absolute atomic E-state index is 12.3. The van der Waals surface area contributed by atoms with Gasteiger partial charge in [0.15, 0.2) is 5.01 Å². The lowest BCUT2D eigenvalue weighted by molar-refractivity contribution is -0.134. The maximum atomic E-state index is 12.3. The van der Waals surface area contributed by atoms with E-state index in [1.165, 1.54) is 5.69 Å². The molecule has 4 aromatic heterocycles. The molecule has 3 fully saturated rings. The average Bonchev–Trinajstić information content (AvgIpc) is 3.84. The van der Waals surface area contributed by atoms with Crippen molar-refractivity contribution in [2.45, 2.75) is 38.5 Å². The lowest BCUT2D eigenvalue weighted by atomic mass is 9.90. The number of rotatable bonds is 9. The highest BCUT2D eigenvalue weighted by atomic mass is 32.1. The molecular formula is C38H41N11O2S. The van der Waals surface area contributed by atoms with E-state index in [0.29, 0.717) is 24.3 Å². The summed E-state index contributed by atoms with van der Waals surface area (Å²) in [5, 5.41) is 30.6. The Morgan fingerprint density at radius 3 is 2.50 bits per heavy atom. The Bertz CT molecular complexity index is 2120. The number of pyridine rings is 1. The standard InChI is InChI=1S/C38H41N11O2S/c1-2-40-32-20-33(34-9-7-29-19-26(21-39)22-42-49(29)34)41-23-31(32)37-44-45-38(52-37)48-17-15-46(16-18-48)24-25-11-13-47(14-12-25)28-5-3-27(4-6-28)30-8-10-35(50)43-36(30)51/h3-7,9,19-20,22-23,25,30H,2,8,10-18,24H2,1H3,(H,40,41)(H,43,50,51)/t30-/m1/s1. The van der Waals surface area contributed by atoms with Gasteiger partial charge in [0, 0.05) is 76.4 Å². The number of carbonyl (C=O) groups excluding carboxylic acids is 2. The number of imide groups is 1. The number of fused-ring (bicyclic) bond motifs is 1. The lowest BCUT2D eigenvalue weighted by Crippen LogP contribution is -2.49. The molecule has 0 radical (unpaired) electrons. The topological polar surface area (TPSA) is 148 Å². The summed E-state index contributed by atoms with van der Waals surface area (Å²) in [6.07, 6.45) is 6.73. The number of amides is 2. The molecule has 8 rings (SSSR count). The predicted octanol–water partition coefficient (Wildman–Crippen LogP) is 4.78. The van der Waals surface area contributed by atoms with Crippen LogP contribution in [0.5, 0.6) is 0 Å². The number of piperidine rings is 2. The van der Waals surface area contributed by atoms with Gasteiger partial charge in [-0.3, -0.25) is 24.8 Å². The zero-order valence-corrected chi connectivity index (χ0v) is 30.0. The van der Waals surface area contributed by atoms with Crippen molar-refractivity contribution >= 4 is 45.2 Å². The van der Waals surface area contributed by atoms with Crippen LogP contribution in [0.3, 0.4) is 0 Å². The third-order valence-corrected chi connectivity index (χ3v) is 11.5. The van der Waals surface area contributed by atoms with E-state index >= 15 is 0 Å². The van der Waals surface area contributed by atoms with Crippen molar-refractivity contribution in [1.82, 2.24) is 35.0 Å². The van der Waals surface area contributed by atoms with Crippen molar-refractivity contribution in [1.29, 1.82) is 5.26 Å². The third kappa shape index (κ3) is 6.93. The molecule has 13 nitrogen and oxygen atoms in total.